The highest BCUT2D eigenvalue weighted by molar-refractivity contribution is 7.20. The van der Waals surface area contributed by atoms with Crippen molar-refractivity contribution in [2.75, 3.05) is 19.6 Å². The van der Waals surface area contributed by atoms with Crippen LogP contribution in [-0.2, 0) is 0 Å². The lowest BCUT2D eigenvalue weighted by atomic mass is 10.2. The number of non-ortho nitro benzene ring substituents is 1. The number of nitrogens with zero attached hydrogens (tertiary/aromatic N) is 1. The van der Waals surface area contributed by atoms with Crippen LogP contribution >= 0.6 is 11.3 Å². The number of carbonyl (C=O) groups excluding carboxylic acids is 1. The van der Waals surface area contributed by atoms with Crippen molar-refractivity contribution in [3.8, 4) is 0 Å². The summed E-state index contributed by atoms with van der Waals surface area (Å²) in [6.45, 7) is 4.14. The van der Waals surface area contributed by atoms with Crippen LogP contribution in [0.5, 0.6) is 0 Å². The van der Waals surface area contributed by atoms with Gasteiger partial charge < -0.3 is 10.6 Å². The molecule has 106 valence electrons. The van der Waals surface area contributed by atoms with Gasteiger partial charge in [0, 0.05) is 35.3 Å². The number of carbonyl (C=O) groups is 1. The molecule has 2 aromatic rings. The van der Waals surface area contributed by atoms with E-state index in [1.165, 1.54) is 23.5 Å². The molecule has 0 spiro atoms. The number of nitrogens with one attached hydrogen (secondary N) is 2. The largest absolute Gasteiger partial charge is 0.350 e. The Morgan fingerprint density at radius 2 is 2.15 bits per heavy atom. The predicted octanol–water partition coefficient (Wildman–Crippen LogP) is 2.15. The van der Waals surface area contributed by atoms with E-state index in [2.05, 4.69) is 10.6 Å². The van der Waals surface area contributed by atoms with Gasteiger partial charge in [-0.2, -0.15) is 0 Å². The van der Waals surface area contributed by atoms with Gasteiger partial charge in [-0.3, -0.25) is 14.9 Å². The summed E-state index contributed by atoms with van der Waals surface area (Å²) in [5.74, 6) is -0.147. The van der Waals surface area contributed by atoms with E-state index >= 15 is 0 Å². The van der Waals surface area contributed by atoms with Gasteiger partial charge >= 0.3 is 0 Å². The summed E-state index contributed by atoms with van der Waals surface area (Å²) in [6, 6.07) is 6.30. The number of likely N-dealkylation sites (N-methyl/N-ethyl adjacent to an activating group) is 1. The van der Waals surface area contributed by atoms with Gasteiger partial charge in [0.15, 0.2) is 0 Å². The van der Waals surface area contributed by atoms with E-state index in [4.69, 9.17) is 0 Å². The molecular formula is C13H15N3O3S. The molecule has 0 fully saturated rings. The summed E-state index contributed by atoms with van der Waals surface area (Å²) in [5, 5.41) is 17.4. The van der Waals surface area contributed by atoms with Crippen molar-refractivity contribution in [1.29, 1.82) is 0 Å². The van der Waals surface area contributed by atoms with E-state index in [1.54, 1.807) is 12.1 Å². The van der Waals surface area contributed by atoms with Crippen molar-refractivity contribution in [3.05, 3.63) is 39.3 Å². The van der Waals surface area contributed by atoms with Crippen molar-refractivity contribution in [2.24, 2.45) is 0 Å². The molecule has 2 rings (SSSR count). The number of hydrogen-bond acceptors (Lipinski definition) is 5. The molecule has 1 amide bonds. The van der Waals surface area contributed by atoms with E-state index < -0.39 is 4.92 Å². The molecule has 0 radical (unpaired) electrons. The van der Waals surface area contributed by atoms with E-state index in [-0.39, 0.29) is 11.6 Å². The van der Waals surface area contributed by atoms with E-state index in [1.807, 2.05) is 6.92 Å². The number of rotatable bonds is 6. The fraction of sp³-hybridized carbons (Fsp3) is 0.308. The molecule has 0 unspecified atom stereocenters. The van der Waals surface area contributed by atoms with Gasteiger partial charge in [0.05, 0.1) is 9.80 Å². The maximum Gasteiger partial charge on any atom is 0.270 e. The van der Waals surface area contributed by atoms with Crippen LogP contribution in [0.4, 0.5) is 5.69 Å². The second-order valence-electron chi connectivity index (χ2n) is 4.20. The summed E-state index contributed by atoms with van der Waals surface area (Å²) in [5.41, 5.74) is 0.0365. The van der Waals surface area contributed by atoms with Crippen LogP contribution in [0.3, 0.4) is 0 Å². The van der Waals surface area contributed by atoms with Gasteiger partial charge in [0.2, 0.25) is 0 Å². The van der Waals surface area contributed by atoms with Gasteiger partial charge in [-0.25, -0.2) is 0 Å². The first-order chi connectivity index (χ1) is 9.61. The zero-order valence-electron chi connectivity index (χ0n) is 11.0. The molecule has 0 aliphatic carbocycles. The van der Waals surface area contributed by atoms with Crippen LogP contribution in [0.15, 0.2) is 24.3 Å². The summed E-state index contributed by atoms with van der Waals surface area (Å²) >= 11 is 1.33. The van der Waals surface area contributed by atoms with E-state index in [9.17, 15) is 14.9 Å². The highest BCUT2D eigenvalue weighted by Gasteiger charge is 2.12. The molecule has 7 heteroatoms. The fourth-order valence-electron chi connectivity index (χ4n) is 1.78. The average molecular weight is 293 g/mol. The molecule has 2 N–H and O–H groups in total. The number of benzene rings is 1. The Kier molecular flexibility index (Phi) is 4.65. The summed E-state index contributed by atoms with van der Waals surface area (Å²) in [4.78, 5) is 22.8. The molecule has 0 saturated heterocycles. The fourth-order valence-corrected chi connectivity index (χ4v) is 2.74. The van der Waals surface area contributed by atoms with Gasteiger partial charge in [-0.15, -0.1) is 11.3 Å². The average Bonchev–Trinajstić information content (AvgIpc) is 2.86. The predicted molar refractivity (Wildman–Crippen MR) is 79.4 cm³/mol. The third-order valence-electron chi connectivity index (χ3n) is 2.77. The highest BCUT2D eigenvalue weighted by Crippen LogP contribution is 2.28. The Balaban J connectivity index is 2.11. The molecule has 0 aliphatic rings. The maximum atomic E-state index is 11.9. The lowest BCUT2D eigenvalue weighted by Gasteiger charge is -2.03. The SMILES string of the molecule is CCNCCNC(=O)c1cc2cc([N+](=O)[O-])ccc2s1. The number of thiophene rings is 1. The lowest BCUT2D eigenvalue weighted by Crippen LogP contribution is -2.31. The monoisotopic (exact) mass is 293 g/mol. The van der Waals surface area contributed by atoms with Crippen molar-refractivity contribution in [1.82, 2.24) is 10.6 Å². The Hall–Kier alpha value is -1.99. The van der Waals surface area contributed by atoms with Crippen LogP contribution in [0, 0.1) is 10.1 Å². The Morgan fingerprint density at radius 1 is 1.35 bits per heavy atom. The minimum absolute atomic E-state index is 0.0365. The molecule has 1 aromatic heterocycles. The number of nitro benzene ring substituents is 1. The zero-order valence-corrected chi connectivity index (χ0v) is 11.8. The van der Waals surface area contributed by atoms with Crippen LogP contribution < -0.4 is 10.6 Å². The summed E-state index contributed by atoms with van der Waals surface area (Å²) in [7, 11) is 0. The molecule has 0 aliphatic heterocycles. The van der Waals surface area contributed by atoms with Crippen LogP contribution in [-0.4, -0.2) is 30.5 Å². The lowest BCUT2D eigenvalue weighted by molar-refractivity contribution is -0.384. The highest BCUT2D eigenvalue weighted by atomic mass is 32.1. The van der Waals surface area contributed by atoms with Gasteiger partial charge in [-0.05, 0) is 18.7 Å². The topological polar surface area (TPSA) is 84.3 Å². The second kappa shape index (κ2) is 6.44. The molecular weight excluding hydrogens is 278 g/mol. The summed E-state index contributed by atoms with van der Waals surface area (Å²) in [6.07, 6.45) is 0. The number of fused-ring (bicyclic) bond motifs is 1. The first kappa shape index (κ1) is 14.4. The van der Waals surface area contributed by atoms with Gasteiger partial charge in [0.1, 0.15) is 0 Å². The zero-order chi connectivity index (χ0) is 14.5. The van der Waals surface area contributed by atoms with E-state index in [0.717, 1.165) is 23.2 Å². The Bertz CT molecular complexity index is 639. The molecule has 0 saturated carbocycles. The third kappa shape index (κ3) is 3.31. The normalized spacial score (nSPS) is 10.7. The molecule has 6 nitrogen and oxygen atoms in total. The minimum atomic E-state index is -0.437. The summed E-state index contributed by atoms with van der Waals surface area (Å²) < 4.78 is 0.868. The van der Waals surface area contributed by atoms with Crippen molar-refractivity contribution >= 4 is 33.0 Å². The first-order valence-corrected chi connectivity index (χ1v) is 7.10. The maximum absolute atomic E-state index is 11.9. The quantitative estimate of drug-likeness (QED) is 0.485. The van der Waals surface area contributed by atoms with Gasteiger partial charge in [-0.1, -0.05) is 6.92 Å². The standard InChI is InChI=1S/C13H15N3O3S/c1-2-14-5-6-15-13(17)12-8-9-7-10(16(18)19)3-4-11(9)20-12/h3-4,7-8,14H,2,5-6H2,1H3,(H,15,17). The number of hydrogen-bond donors (Lipinski definition) is 2. The first-order valence-electron chi connectivity index (χ1n) is 6.28. The van der Waals surface area contributed by atoms with Crippen molar-refractivity contribution < 1.29 is 9.72 Å². The smallest absolute Gasteiger partial charge is 0.270 e. The van der Waals surface area contributed by atoms with Crippen LogP contribution in [0.1, 0.15) is 16.6 Å². The number of amides is 1. The minimum Gasteiger partial charge on any atom is -0.350 e. The van der Waals surface area contributed by atoms with Crippen molar-refractivity contribution in [2.45, 2.75) is 6.92 Å². The Labute approximate surface area is 119 Å². The molecule has 1 heterocycles. The molecule has 20 heavy (non-hydrogen) atoms. The van der Waals surface area contributed by atoms with Crippen LogP contribution in [0.2, 0.25) is 0 Å². The van der Waals surface area contributed by atoms with Crippen LogP contribution in [0.25, 0.3) is 10.1 Å². The number of nitro groups is 1. The third-order valence-corrected chi connectivity index (χ3v) is 3.89. The molecule has 0 atom stereocenters. The van der Waals surface area contributed by atoms with Gasteiger partial charge in [0.25, 0.3) is 11.6 Å². The molecule has 0 bridgehead atoms. The Morgan fingerprint density at radius 3 is 2.85 bits per heavy atom. The second-order valence-corrected chi connectivity index (χ2v) is 5.28. The molecule has 1 aromatic carbocycles. The van der Waals surface area contributed by atoms with Crippen molar-refractivity contribution in [3.63, 3.8) is 0 Å². The van der Waals surface area contributed by atoms with E-state index in [0.29, 0.717) is 11.4 Å².